The van der Waals surface area contributed by atoms with Crippen LogP contribution in [0.3, 0.4) is 0 Å². The van der Waals surface area contributed by atoms with Gasteiger partial charge in [-0.2, -0.15) is 0 Å². The van der Waals surface area contributed by atoms with Crippen LogP contribution in [0.1, 0.15) is 34.3 Å². The summed E-state index contributed by atoms with van der Waals surface area (Å²) < 4.78 is 45.7. The first-order valence-electron chi connectivity index (χ1n) is 10.6. The van der Waals surface area contributed by atoms with Gasteiger partial charge in [0.1, 0.15) is 11.6 Å². The maximum Gasteiger partial charge on any atom is 0.277 e. The first-order valence-corrected chi connectivity index (χ1v) is 12.2. The van der Waals surface area contributed by atoms with Crippen LogP contribution in [0.4, 0.5) is 4.39 Å². The van der Waals surface area contributed by atoms with Gasteiger partial charge in [-0.25, -0.2) is 22.2 Å². The Morgan fingerprint density at radius 2 is 1.81 bits per heavy atom. The van der Waals surface area contributed by atoms with Gasteiger partial charge in [-0.05, 0) is 74.1 Å². The van der Waals surface area contributed by atoms with Crippen molar-refractivity contribution in [2.24, 2.45) is 5.92 Å². The van der Waals surface area contributed by atoms with Crippen molar-refractivity contribution in [3.63, 3.8) is 0 Å². The Kier molecular flexibility index (Phi) is 7.86. The van der Waals surface area contributed by atoms with Crippen molar-refractivity contribution in [1.29, 1.82) is 0 Å². The monoisotopic (exact) mass is 464 g/mol. The number of amides is 1. The van der Waals surface area contributed by atoms with Crippen LogP contribution in [0, 0.1) is 25.6 Å². The number of piperidine rings is 1. The number of carbonyl (C=O) groups excluding carboxylic acids is 1. The Morgan fingerprint density at radius 3 is 2.47 bits per heavy atom. The average molecular weight is 465 g/mol. The van der Waals surface area contributed by atoms with Crippen LogP contribution < -0.4 is 4.74 Å². The number of ether oxygens (including phenoxy) is 1. The molecule has 32 heavy (non-hydrogen) atoms. The maximum atomic E-state index is 13.0. The number of aryl methyl sites for hydroxylation is 2. The minimum absolute atomic E-state index is 0.0796. The molecular weight excluding hydrogens is 435 g/mol. The molecule has 0 spiro atoms. The first-order chi connectivity index (χ1) is 15.2. The molecule has 0 bridgehead atoms. The molecule has 0 radical (unpaired) electrons. The summed E-state index contributed by atoms with van der Waals surface area (Å²) in [6.07, 6.45) is 1.36. The molecule has 1 aliphatic rings. The fourth-order valence-electron chi connectivity index (χ4n) is 3.60. The molecule has 0 aliphatic carbocycles. The normalized spacial score (nSPS) is 15.5. The molecule has 2 aromatic rings. The van der Waals surface area contributed by atoms with E-state index in [1.54, 1.807) is 0 Å². The Morgan fingerprint density at radius 1 is 1.16 bits per heavy atom. The quantitative estimate of drug-likeness (QED) is 0.478. The van der Waals surface area contributed by atoms with Gasteiger partial charge < -0.3 is 4.74 Å². The van der Waals surface area contributed by atoms with E-state index in [-0.39, 0.29) is 23.8 Å². The molecule has 0 saturated carbocycles. The molecule has 7 nitrogen and oxygen atoms in total. The number of hydrogen-bond donors (Lipinski definition) is 1. The van der Waals surface area contributed by atoms with E-state index in [4.69, 9.17) is 4.74 Å². The van der Waals surface area contributed by atoms with Crippen molar-refractivity contribution >= 4 is 15.9 Å². The van der Waals surface area contributed by atoms with Gasteiger partial charge in [-0.3, -0.25) is 10.0 Å². The zero-order chi connectivity index (χ0) is 23.3. The predicted octanol–water partition coefficient (Wildman–Crippen LogP) is 3.39. The highest BCUT2D eigenvalue weighted by atomic mass is 32.2. The van der Waals surface area contributed by atoms with E-state index in [1.165, 1.54) is 16.4 Å². The molecule has 9 heteroatoms. The van der Waals surface area contributed by atoms with Gasteiger partial charge in [0, 0.05) is 18.7 Å². The molecule has 0 unspecified atom stereocenters. The molecule has 174 valence electrons. The number of hydrogen-bond acceptors (Lipinski definition) is 5. The lowest BCUT2D eigenvalue weighted by molar-refractivity contribution is -0.0537. The van der Waals surface area contributed by atoms with Crippen LogP contribution in [-0.4, -0.2) is 60.9 Å². The smallest absolute Gasteiger partial charge is 0.277 e. The number of carbonyl (C=O) groups is 1. The molecule has 1 aliphatic heterocycles. The summed E-state index contributed by atoms with van der Waals surface area (Å²) in [4.78, 5) is 12.2. The summed E-state index contributed by atoms with van der Waals surface area (Å²) in [6.45, 7) is 4.93. The first kappa shape index (κ1) is 24.2. The lowest BCUT2D eigenvalue weighted by Gasteiger charge is -2.31. The van der Waals surface area contributed by atoms with Crippen molar-refractivity contribution in [2.75, 3.05) is 32.0 Å². The minimum atomic E-state index is -3.63. The summed E-state index contributed by atoms with van der Waals surface area (Å²) in [6, 6.07) is 10.7. The van der Waals surface area contributed by atoms with Crippen molar-refractivity contribution in [1.82, 2.24) is 9.37 Å². The predicted molar refractivity (Wildman–Crippen MR) is 119 cm³/mol. The third kappa shape index (κ3) is 6.27. The summed E-state index contributed by atoms with van der Waals surface area (Å²) in [5.74, 6) is -0.552. The minimum Gasteiger partial charge on any atom is -0.493 e. The Balaban J connectivity index is 1.46. The van der Waals surface area contributed by atoms with Gasteiger partial charge in [0.25, 0.3) is 5.91 Å². The standard InChI is InChI=1S/C23H29FN2O5S/c1-17-3-4-18(2)22(15-17)31-16-19-9-11-25(12-10-19)32(29,30)14-13-26(28)23(27)20-5-7-21(24)8-6-20/h3-8,15,19,28H,9-14,16H2,1-2H3. The van der Waals surface area contributed by atoms with Gasteiger partial charge in [-0.1, -0.05) is 12.1 Å². The molecular formula is C23H29FN2O5S. The maximum absolute atomic E-state index is 13.0. The third-order valence-electron chi connectivity index (χ3n) is 5.67. The van der Waals surface area contributed by atoms with Crippen molar-refractivity contribution < 1.29 is 27.5 Å². The number of rotatable bonds is 8. The molecule has 1 N–H and O–H groups in total. The number of hydroxylamine groups is 2. The van der Waals surface area contributed by atoms with Gasteiger partial charge in [0.05, 0.1) is 18.9 Å². The highest BCUT2D eigenvalue weighted by Crippen LogP contribution is 2.24. The fourth-order valence-corrected chi connectivity index (χ4v) is 5.03. The molecule has 0 atom stereocenters. The summed E-state index contributed by atoms with van der Waals surface area (Å²) in [7, 11) is -3.63. The van der Waals surface area contributed by atoms with Crippen LogP contribution in [0.25, 0.3) is 0 Å². The van der Waals surface area contributed by atoms with E-state index >= 15 is 0 Å². The van der Waals surface area contributed by atoms with E-state index in [1.807, 2.05) is 32.0 Å². The lowest BCUT2D eigenvalue weighted by Crippen LogP contribution is -2.43. The fraction of sp³-hybridized carbons (Fsp3) is 0.435. The van der Waals surface area contributed by atoms with Crippen molar-refractivity contribution in [3.05, 3.63) is 65.0 Å². The number of benzene rings is 2. The molecule has 3 rings (SSSR count). The van der Waals surface area contributed by atoms with E-state index in [9.17, 15) is 22.8 Å². The molecule has 1 saturated heterocycles. The van der Waals surface area contributed by atoms with Gasteiger partial charge >= 0.3 is 0 Å². The molecule has 1 heterocycles. The highest BCUT2D eigenvalue weighted by molar-refractivity contribution is 7.89. The van der Waals surface area contributed by atoms with Crippen molar-refractivity contribution in [3.8, 4) is 5.75 Å². The molecule has 0 aromatic heterocycles. The summed E-state index contributed by atoms with van der Waals surface area (Å²) in [5.41, 5.74) is 2.28. The zero-order valence-corrected chi connectivity index (χ0v) is 19.1. The number of sulfonamides is 1. The summed E-state index contributed by atoms with van der Waals surface area (Å²) >= 11 is 0. The Labute approximate surface area is 188 Å². The van der Waals surface area contributed by atoms with Crippen LogP contribution >= 0.6 is 0 Å². The molecule has 2 aromatic carbocycles. The molecule has 1 fully saturated rings. The van der Waals surface area contributed by atoms with Crippen LogP contribution in [0.15, 0.2) is 42.5 Å². The summed E-state index contributed by atoms with van der Waals surface area (Å²) in [5, 5.41) is 10.3. The second-order valence-corrected chi connectivity index (χ2v) is 10.3. The van der Waals surface area contributed by atoms with Crippen LogP contribution in [0.2, 0.25) is 0 Å². The zero-order valence-electron chi connectivity index (χ0n) is 18.3. The second-order valence-electron chi connectivity index (χ2n) is 8.17. The Hall–Kier alpha value is -2.49. The third-order valence-corrected chi connectivity index (χ3v) is 7.52. The van der Waals surface area contributed by atoms with Crippen molar-refractivity contribution in [2.45, 2.75) is 26.7 Å². The molecule has 1 amide bonds. The number of halogens is 1. The van der Waals surface area contributed by atoms with Crippen LogP contribution in [-0.2, 0) is 10.0 Å². The van der Waals surface area contributed by atoms with Gasteiger partial charge in [0.2, 0.25) is 10.0 Å². The largest absolute Gasteiger partial charge is 0.493 e. The Bertz CT molecular complexity index is 1030. The highest BCUT2D eigenvalue weighted by Gasteiger charge is 2.29. The second kappa shape index (κ2) is 10.4. The van der Waals surface area contributed by atoms with Crippen LogP contribution in [0.5, 0.6) is 5.75 Å². The number of nitrogens with zero attached hydrogens (tertiary/aromatic N) is 2. The van der Waals surface area contributed by atoms with E-state index < -0.39 is 21.7 Å². The van der Waals surface area contributed by atoms with E-state index in [0.29, 0.717) is 37.6 Å². The van der Waals surface area contributed by atoms with Gasteiger partial charge in [0.15, 0.2) is 0 Å². The van der Waals surface area contributed by atoms with E-state index in [0.717, 1.165) is 29.0 Å². The van der Waals surface area contributed by atoms with E-state index in [2.05, 4.69) is 0 Å². The lowest BCUT2D eigenvalue weighted by atomic mass is 9.99. The SMILES string of the molecule is Cc1ccc(C)c(OCC2CCN(S(=O)(=O)CCN(O)C(=O)c3ccc(F)cc3)CC2)c1. The van der Waals surface area contributed by atoms with Gasteiger partial charge in [-0.15, -0.1) is 0 Å². The average Bonchev–Trinajstić information content (AvgIpc) is 2.78. The topological polar surface area (TPSA) is 87.2 Å².